The summed E-state index contributed by atoms with van der Waals surface area (Å²) in [5.41, 5.74) is 4.56. The fourth-order valence-corrected chi connectivity index (χ4v) is 4.26. The van der Waals surface area contributed by atoms with Gasteiger partial charge in [0.05, 0.1) is 19.3 Å². The van der Waals surface area contributed by atoms with E-state index in [2.05, 4.69) is 28.4 Å². The first-order valence-corrected chi connectivity index (χ1v) is 12.2. The van der Waals surface area contributed by atoms with Gasteiger partial charge in [-0.3, -0.25) is 14.2 Å². The molecule has 4 rings (SSSR count). The van der Waals surface area contributed by atoms with Crippen LogP contribution in [0.1, 0.15) is 43.9 Å². The van der Waals surface area contributed by atoms with Gasteiger partial charge >= 0.3 is 6.18 Å². The average Bonchev–Trinajstić information content (AvgIpc) is 2.77. The molecule has 0 unspecified atom stereocenters. The minimum atomic E-state index is -4.11. The van der Waals surface area contributed by atoms with Crippen LogP contribution in [-0.4, -0.2) is 60.9 Å². The molecule has 7 heteroatoms. The quantitative estimate of drug-likeness (QED) is 0.477. The standard InChI is InChI=1S/C13H16F3N.C12H17FN2.C2H6/c1-9-3-4-11-7-17(8-13(14,15)16)10(2)6-12(11)5-9;13-7-4-8-15-9-12(10-15)14-11-5-2-1-3-6-11;1-2/h3-5,10H,6-8H2,1-2H3;1-3,5-6,12,14H,4,7-10H2;1-2H3/t10-;;/m1../s1. The van der Waals surface area contributed by atoms with Crippen molar-refractivity contribution in [2.24, 2.45) is 0 Å². The van der Waals surface area contributed by atoms with Gasteiger partial charge in [0.1, 0.15) is 0 Å². The minimum Gasteiger partial charge on any atom is -0.380 e. The molecule has 0 radical (unpaired) electrons. The molecule has 2 aliphatic heterocycles. The Morgan fingerprint density at radius 2 is 1.68 bits per heavy atom. The van der Waals surface area contributed by atoms with Crippen LogP contribution in [0, 0.1) is 6.92 Å². The lowest BCUT2D eigenvalue weighted by molar-refractivity contribution is -0.152. The number of fused-ring (bicyclic) bond motifs is 1. The predicted octanol–water partition coefficient (Wildman–Crippen LogP) is 6.47. The number of hydrogen-bond donors (Lipinski definition) is 1. The molecule has 1 atom stereocenters. The SMILES string of the molecule is CC.Cc1ccc2c(c1)C[C@@H](C)N(CC(F)(F)F)C2.FCCCN1CC(Nc2ccccc2)C1. The summed E-state index contributed by atoms with van der Waals surface area (Å²) >= 11 is 0. The number of aryl methyl sites for hydroxylation is 1. The van der Waals surface area contributed by atoms with Crippen LogP contribution in [0.4, 0.5) is 23.2 Å². The Bertz CT molecular complexity index is 836. The van der Waals surface area contributed by atoms with E-state index in [1.807, 2.05) is 58.0 Å². The van der Waals surface area contributed by atoms with Gasteiger partial charge in [-0.05, 0) is 49.9 Å². The summed E-state index contributed by atoms with van der Waals surface area (Å²) in [4.78, 5) is 3.78. The molecule has 2 heterocycles. The van der Waals surface area contributed by atoms with Crippen molar-refractivity contribution in [3.63, 3.8) is 0 Å². The Labute approximate surface area is 202 Å². The second-order valence-corrected chi connectivity index (χ2v) is 8.85. The zero-order valence-corrected chi connectivity index (χ0v) is 20.8. The molecule has 0 amide bonds. The van der Waals surface area contributed by atoms with Gasteiger partial charge in [0, 0.05) is 37.9 Å². The van der Waals surface area contributed by atoms with Gasteiger partial charge in [-0.25, -0.2) is 0 Å². The topological polar surface area (TPSA) is 18.5 Å². The second-order valence-electron chi connectivity index (χ2n) is 8.85. The maximum absolute atomic E-state index is 12.4. The van der Waals surface area contributed by atoms with Gasteiger partial charge in [0.15, 0.2) is 0 Å². The van der Waals surface area contributed by atoms with Crippen molar-refractivity contribution in [2.45, 2.75) is 65.3 Å². The molecule has 2 aliphatic rings. The van der Waals surface area contributed by atoms with E-state index < -0.39 is 12.7 Å². The number of hydrogen-bond acceptors (Lipinski definition) is 3. The first-order chi connectivity index (χ1) is 16.2. The van der Waals surface area contributed by atoms with E-state index in [-0.39, 0.29) is 12.7 Å². The van der Waals surface area contributed by atoms with Crippen molar-refractivity contribution in [1.29, 1.82) is 0 Å². The average molecular weight is 482 g/mol. The fraction of sp³-hybridized carbons (Fsp3) is 0.556. The lowest BCUT2D eigenvalue weighted by atomic mass is 9.93. The van der Waals surface area contributed by atoms with E-state index >= 15 is 0 Å². The van der Waals surface area contributed by atoms with Crippen LogP contribution < -0.4 is 5.32 Å². The van der Waals surface area contributed by atoms with Crippen LogP contribution in [0.3, 0.4) is 0 Å². The molecular formula is C27H39F4N3. The Morgan fingerprint density at radius 3 is 2.29 bits per heavy atom. The first-order valence-electron chi connectivity index (χ1n) is 12.2. The molecule has 2 aromatic carbocycles. The third kappa shape index (κ3) is 9.26. The largest absolute Gasteiger partial charge is 0.401 e. The van der Waals surface area contributed by atoms with Gasteiger partial charge < -0.3 is 5.32 Å². The van der Waals surface area contributed by atoms with Crippen molar-refractivity contribution in [1.82, 2.24) is 9.80 Å². The van der Waals surface area contributed by atoms with Crippen molar-refractivity contribution < 1.29 is 17.6 Å². The summed E-state index contributed by atoms with van der Waals surface area (Å²) in [6.07, 6.45) is -2.75. The van der Waals surface area contributed by atoms with E-state index in [0.29, 0.717) is 25.4 Å². The smallest absolute Gasteiger partial charge is 0.380 e. The molecule has 0 bridgehead atoms. The van der Waals surface area contributed by atoms with Crippen molar-refractivity contribution in [3.05, 3.63) is 65.2 Å². The van der Waals surface area contributed by atoms with Crippen LogP contribution >= 0.6 is 0 Å². The number of alkyl halides is 4. The number of nitrogens with one attached hydrogen (secondary N) is 1. The number of likely N-dealkylation sites (tertiary alicyclic amines) is 1. The zero-order chi connectivity index (χ0) is 25.1. The Kier molecular flexibility index (Phi) is 11.3. The van der Waals surface area contributed by atoms with Gasteiger partial charge in [0.25, 0.3) is 0 Å². The number of benzene rings is 2. The Hall–Kier alpha value is -2.12. The van der Waals surface area contributed by atoms with E-state index in [1.165, 1.54) is 21.7 Å². The fourth-order valence-electron chi connectivity index (χ4n) is 4.26. The van der Waals surface area contributed by atoms with Crippen molar-refractivity contribution in [3.8, 4) is 0 Å². The molecule has 2 aromatic rings. The summed E-state index contributed by atoms with van der Waals surface area (Å²) in [5, 5.41) is 3.45. The van der Waals surface area contributed by atoms with Crippen molar-refractivity contribution >= 4 is 5.69 Å². The number of rotatable bonds is 6. The van der Waals surface area contributed by atoms with Crippen LogP contribution in [0.5, 0.6) is 0 Å². The maximum atomic E-state index is 12.4. The molecule has 3 nitrogen and oxygen atoms in total. The molecule has 0 aliphatic carbocycles. The summed E-state index contributed by atoms with van der Waals surface area (Å²) in [5.74, 6) is 0. The van der Waals surface area contributed by atoms with Crippen LogP contribution in [0.15, 0.2) is 48.5 Å². The van der Waals surface area contributed by atoms with Gasteiger partial charge in [-0.1, -0.05) is 55.8 Å². The third-order valence-corrected chi connectivity index (χ3v) is 5.97. The van der Waals surface area contributed by atoms with E-state index in [9.17, 15) is 17.6 Å². The van der Waals surface area contributed by atoms with E-state index in [0.717, 1.165) is 25.2 Å². The summed E-state index contributed by atoms with van der Waals surface area (Å²) in [6, 6.07) is 16.7. The maximum Gasteiger partial charge on any atom is 0.401 e. The molecule has 1 saturated heterocycles. The van der Waals surface area contributed by atoms with Gasteiger partial charge in [-0.15, -0.1) is 0 Å². The summed E-state index contributed by atoms with van der Waals surface area (Å²) in [6.45, 7) is 10.2. The summed E-state index contributed by atoms with van der Waals surface area (Å²) < 4.78 is 49.2. The normalized spacial score (nSPS) is 18.5. The number of halogens is 4. The molecular weight excluding hydrogens is 442 g/mol. The molecule has 0 saturated carbocycles. The first kappa shape index (κ1) is 28.1. The third-order valence-electron chi connectivity index (χ3n) is 5.97. The Balaban J connectivity index is 0.000000225. The highest BCUT2D eigenvalue weighted by molar-refractivity contribution is 5.44. The molecule has 0 aromatic heterocycles. The van der Waals surface area contributed by atoms with Crippen LogP contribution in [-0.2, 0) is 13.0 Å². The molecule has 34 heavy (non-hydrogen) atoms. The van der Waals surface area contributed by atoms with Gasteiger partial charge in [0.2, 0.25) is 0 Å². The molecule has 190 valence electrons. The zero-order valence-electron chi connectivity index (χ0n) is 20.8. The number of nitrogens with zero attached hydrogens (tertiary/aromatic N) is 2. The lowest BCUT2D eigenvalue weighted by Gasteiger charge is -2.40. The van der Waals surface area contributed by atoms with Crippen molar-refractivity contribution in [2.75, 3.05) is 38.2 Å². The van der Waals surface area contributed by atoms with Gasteiger partial charge in [-0.2, -0.15) is 13.2 Å². The molecule has 1 N–H and O–H groups in total. The lowest BCUT2D eigenvalue weighted by Crippen LogP contribution is -2.54. The predicted molar refractivity (Wildman–Crippen MR) is 133 cm³/mol. The van der Waals surface area contributed by atoms with Crippen LogP contribution in [0.25, 0.3) is 0 Å². The summed E-state index contributed by atoms with van der Waals surface area (Å²) in [7, 11) is 0. The highest BCUT2D eigenvalue weighted by atomic mass is 19.4. The minimum absolute atomic E-state index is 0.0501. The molecule has 1 fully saturated rings. The number of para-hydroxylation sites is 1. The molecule has 0 spiro atoms. The highest BCUT2D eigenvalue weighted by Gasteiger charge is 2.34. The van der Waals surface area contributed by atoms with E-state index in [1.54, 1.807) is 0 Å². The highest BCUT2D eigenvalue weighted by Crippen LogP contribution is 2.27. The number of anilines is 1. The monoisotopic (exact) mass is 481 g/mol. The van der Waals surface area contributed by atoms with E-state index in [4.69, 9.17) is 0 Å². The second kappa shape index (κ2) is 13.7. The van der Waals surface area contributed by atoms with Crippen LogP contribution in [0.2, 0.25) is 0 Å². The Morgan fingerprint density at radius 1 is 1.00 bits per heavy atom.